The highest BCUT2D eigenvalue weighted by molar-refractivity contribution is 9.10. The van der Waals surface area contributed by atoms with E-state index in [4.69, 9.17) is 5.26 Å². The van der Waals surface area contributed by atoms with Crippen LogP contribution >= 0.6 is 15.9 Å². The summed E-state index contributed by atoms with van der Waals surface area (Å²) < 4.78 is 0.858. The maximum Gasteiger partial charge on any atom is 0.248 e. The van der Waals surface area contributed by atoms with E-state index in [0.717, 1.165) is 34.7 Å². The summed E-state index contributed by atoms with van der Waals surface area (Å²) in [6.07, 6.45) is 2.97. The summed E-state index contributed by atoms with van der Waals surface area (Å²) in [5, 5.41) is 10.1. The van der Waals surface area contributed by atoms with Gasteiger partial charge in [-0.1, -0.05) is 29.3 Å². The molecule has 0 unspecified atom stereocenters. The van der Waals surface area contributed by atoms with Crippen molar-refractivity contribution in [3.05, 3.63) is 44.2 Å². The van der Waals surface area contributed by atoms with E-state index < -0.39 is 0 Å². The predicted octanol–water partition coefficient (Wildman–Crippen LogP) is 3.50. The van der Waals surface area contributed by atoms with E-state index in [2.05, 4.69) is 33.9 Å². The van der Waals surface area contributed by atoms with Gasteiger partial charge in [-0.15, -0.1) is 0 Å². The minimum atomic E-state index is -0.146. The van der Waals surface area contributed by atoms with Crippen molar-refractivity contribution in [1.82, 2.24) is 4.98 Å². The van der Waals surface area contributed by atoms with E-state index in [1.165, 1.54) is 0 Å². The van der Waals surface area contributed by atoms with Crippen LogP contribution in [0.3, 0.4) is 0 Å². The van der Waals surface area contributed by atoms with Gasteiger partial charge in [0, 0.05) is 15.9 Å². The Labute approximate surface area is 114 Å². The average molecular weight is 305 g/mol. The third-order valence-corrected chi connectivity index (χ3v) is 3.38. The van der Waals surface area contributed by atoms with Gasteiger partial charge in [0.25, 0.3) is 0 Å². The topological polar surface area (TPSA) is 56.6 Å². The van der Waals surface area contributed by atoms with Crippen LogP contribution in [0.2, 0.25) is 0 Å². The van der Waals surface area contributed by atoms with Gasteiger partial charge in [-0.2, -0.15) is 5.26 Å². The fraction of sp³-hybridized carbons (Fsp3) is 0.286. The van der Waals surface area contributed by atoms with Gasteiger partial charge in [-0.05, 0) is 30.5 Å². The van der Waals surface area contributed by atoms with Crippen molar-refractivity contribution in [2.24, 2.45) is 0 Å². The molecular weight excluding hydrogens is 292 g/mol. The highest BCUT2D eigenvalue weighted by Gasteiger charge is 2.08. The number of hydrogen-bond donors (Lipinski definition) is 1. The number of halogens is 1. The Kier molecular flexibility index (Phi) is 3.83. The second-order valence-electron chi connectivity index (χ2n) is 4.25. The van der Waals surface area contributed by atoms with Crippen LogP contribution in [0.25, 0.3) is 10.9 Å². The molecule has 2 aromatic rings. The van der Waals surface area contributed by atoms with Gasteiger partial charge in [0.05, 0.1) is 11.1 Å². The van der Waals surface area contributed by atoms with Crippen molar-refractivity contribution in [1.29, 1.82) is 5.26 Å². The molecule has 3 nitrogen and oxygen atoms in total. The summed E-state index contributed by atoms with van der Waals surface area (Å²) in [5.41, 5.74) is 2.00. The van der Waals surface area contributed by atoms with Crippen LogP contribution < -0.4 is 5.56 Å². The molecule has 0 amide bonds. The SMILES string of the molecule is CCCCc1cc(=O)[nH]c2c(C#N)cc(Br)cc12. The molecule has 0 saturated heterocycles. The fourth-order valence-corrected chi connectivity index (χ4v) is 2.51. The zero-order valence-corrected chi connectivity index (χ0v) is 11.7. The number of aryl methyl sites for hydroxylation is 1. The number of rotatable bonds is 3. The number of fused-ring (bicyclic) bond motifs is 1. The molecular formula is C14H13BrN2O. The Morgan fingerprint density at radius 3 is 2.83 bits per heavy atom. The van der Waals surface area contributed by atoms with Crippen molar-refractivity contribution in [2.75, 3.05) is 0 Å². The molecule has 18 heavy (non-hydrogen) atoms. The number of nitriles is 1. The third kappa shape index (κ3) is 2.46. The number of unbranched alkanes of at least 4 members (excludes halogenated alkanes) is 1. The molecule has 0 fully saturated rings. The Balaban J connectivity index is 2.75. The molecule has 0 radical (unpaired) electrons. The first-order valence-electron chi connectivity index (χ1n) is 5.91. The van der Waals surface area contributed by atoms with Crippen LogP contribution in [0.15, 0.2) is 27.5 Å². The average Bonchev–Trinajstić information content (AvgIpc) is 2.35. The Morgan fingerprint density at radius 2 is 2.17 bits per heavy atom. The number of pyridine rings is 1. The van der Waals surface area contributed by atoms with Crippen molar-refractivity contribution >= 4 is 26.8 Å². The first-order valence-corrected chi connectivity index (χ1v) is 6.70. The number of aromatic amines is 1. The Morgan fingerprint density at radius 1 is 1.39 bits per heavy atom. The molecule has 2 rings (SSSR count). The lowest BCUT2D eigenvalue weighted by molar-refractivity contribution is 0.797. The lowest BCUT2D eigenvalue weighted by Crippen LogP contribution is -2.07. The van der Waals surface area contributed by atoms with Crippen LogP contribution in [-0.4, -0.2) is 4.98 Å². The largest absolute Gasteiger partial charge is 0.321 e. The summed E-state index contributed by atoms with van der Waals surface area (Å²) in [4.78, 5) is 14.4. The molecule has 0 aliphatic heterocycles. The minimum Gasteiger partial charge on any atom is -0.321 e. The monoisotopic (exact) mass is 304 g/mol. The molecule has 1 heterocycles. The Bertz CT molecular complexity index is 682. The first-order chi connectivity index (χ1) is 8.65. The zero-order valence-electron chi connectivity index (χ0n) is 10.1. The van der Waals surface area contributed by atoms with Gasteiger partial charge >= 0.3 is 0 Å². The number of nitrogens with zero attached hydrogens (tertiary/aromatic N) is 1. The summed E-state index contributed by atoms with van der Waals surface area (Å²) in [7, 11) is 0. The van der Waals surface area contributed by atoms with E-state index in [-0.39, 0.29) is 5.56 Å². The molecule has 1 aromatic heterocycles. The summed E-state index contributed by atoms with van der Waals surface area (Å²) >= 11 is 3.40. The quantitative estimate of drug-likeness (QED) is 0.943. The van der Waals surface area contributed by atoms with Gasteiger partial charge in [-0.25, -0.2) is 0 Å². The van der Waals surface area contributed by atoms with E-state index in [9.17, 15) is 4.79 Å². The van der Waals surface area contributed by atoms with E-state index in [0.29, 0.717) is 11.1 Å². The molecule has 0 atom stereocenters. The Hall–Kier alpha value is -1.60. The smallest absolute Gasteiger partial charge is 0.248 e. The van der Waals surface area contributed by atoms with Crippen LogP contribution in [-0.2, 0) is 6.42 Å². The van der Waals surface area contributed by atoms with Crippen LogP contribution in [0.4, 0.5) is 0 Å². The molecule has 0 aliphatic rings. The first kappa shape index (κ1) is 12.8. The van der Waals surface area contributed by atoms with Crippen LogP contribution in [0.1, 0.15) is 30.9 Å². The maximum atomic E-state index is 11.6. The van der Waals surface area contributed by atoms with Gasteiger partial charge < -0.3 is 4.98 Å². The van der Waals surface area contributed by atoms with E-state index in [1.54, 1.807) is 12.1 Å². The summed E-state index contributed by atoms with van der Waals surface area (Å²) in [6, 6.07) is 7.43. The lowest BCUT2D eigenvalue weighted by Gasteiger charge is -2.07. The number of H-pyrrole nitrogens is 1. The molecule has 0 spiro atoms. The minimum absolute atomic E-state index is 0.146. The molecule has 92 valence electrons. The van der Waals surface area contributed by atoms with E-state index >= 15 is 0 Å². The van der Waals surface area contributed by atoms with Crippen molar-refractivity contribution in [3.63, 3.8) is 0 Å². The highest BCUT2D eigenvalue weighted by Crippen LogP contribution is 2.25. The summed E-state index contributed by atoms with van der Waals surface area (Å²) in [6.45, 7) is 2.12. The number of hydrogen-bond acceptors (Lipinski definition) is 2. The highest BCUT2D eigenvalue weighted by atomic mass is 79.9. The van der Waals surface area contributed by atoms with Crippen LogP contribution in [0, 0.1) is 11.3 Å². The maximum absolute atomic E-state index is 11.6. The van der Waals surface area contributed by atoms with Gasteiger partial charge in [0.15, 0.2) is 0 Å². The van der Waals surface area contributed by atoms with Gasteiger partial charge in [0.1, 0.15) is 6.07 Å². The van der Waals surface area contributed by atoms with Gasteiger partial charge in [-0.3, -0.25) is 4.79 Å². The number of nitrogens with one attached hydrogen (secondary N) is 1. The molecule has 0 aliphatic carbocycles. The van der Waals surface area contributed by atoms with Crippen molar-refractivity contribution in [3.8, 4) is 6.07 Å². The standard InChI is InChI=1S/C14H13BrN2O/c1-2-3-4-9-6-13(18)17-14-10(8-16)5-11(15)7-12(9)14/h5-7H,2-4H2,1H3,(H,17,18). The molecule has 0 saturated carbocycles. The molecule has 4 heteroatoms. The normalized spacial score (nSPS) is 10.5. The van der Waals surface area contributed by atoms with Crippen molar-refractivity contribution in [2.45, 2.75) is 26.2 Å². The summed E-state index contributed by atoms with van der Waals surface area (Å²) in [5.74, 6) is 0. The predicted molar refractivity (Wildman–Crippen MR) is 75.6 cm³/mol. The van der Waals surface area contributed by atoms with Gasteiger partial charge in [0.2, 0.25) is 5.56 Å². The molecule has 0 bridgehead atoms. The number of aromatic nitrogens is 1. The molecule has 1 aromatic carbocycles. The second-order valence-corrected chi connectivity index (χ2v) is 5.17. The van der Waals surface area contributed by atoms with E-state index in [1.807, 2.05) is 6.07 Å². The third-order valence-electron chi connectivity index (χ3n) is 2.92. The lowest BCUT2D eigenvalue weighted by atomic mass is 10.0. The zero-order chi connectivity index (χ0) is 13.1. The van der Waals surface area contributed by atoms with Crippen molar-refractivity contribution < 1.29 is 0 Å². The number of benzene rings is 1. The second kappa shape index (κ2) is 5.36. The van der Waals surface area contributed by atoms with Crippen LogP contribution in [0.5, 0.6) is 0 Å². The molecule has 1 N–H and O–H groups in total. The fourth-order valence-electron chi connectivity index (χ4n) is 2.05.